The first-order chi connectivity index (χ1) is 14.0. The van der Waals surface area contributed by atoms with Gasteiger partial charge in [-0.25, -0.2) is 0 Å². The number of nitrogens with zero attached hydrogens (tertiary/aromatic N) is 4. The zero-order valence-electron chi connectivity index (χ0n) is 17.1. The number of likely N-dealkylation sites (N-methyl/N-ethyl adjacent to an activating group) is 1. The van der Waals surface area contributed by atoms with Crippen LogP contribution in [0.3, 0.4) is 0 Å². The monoisotopic (exact) mass is 405 g/mol. The Labute approximate surface area is 178 Å². The Morgan fingerprint density at radius 1 is 1.07 bits per heavy atom. The molecule has 1 aliphatic rings. The number of pyridine rings is 1. The molecule has 1 saturated heterocycles. The van der Waals surface area contributed by atoms with E-state index in [1.54, 1.807) is 0 Å². The van der Waals surface area contributed by atoms with Crippen molar-refractivity contribution in [2.45, 2.75) is 19.0 Å². The number of hydrogen-bond acceptors (Lipinski definition) is 3. The molecule has 3 aromatic rings. The molecular formula is C23H27N5S. The molecule has 0 radical (unpaired) electrons. The standard InChI is InChI=1S/C23H27N5S/c1-17-9-11-18(12-10-17)27-14-6-8-20(27)22-21(19-7-4-5-13-24-19)25-23(29)28(22)16-15-26(2)3/h4-14,21-22H,15-16H2,1-3H3,(H,25,29). The molecule has 4 rings (SSSR count). The predicted octanol–water partition coefficient (Wildman–Crippen LogP) is 3.71. The van der Waals surface area contributed by atoms with Gasteiger partial charge in [0.15, 0.2) is 5.11 Å². The average molecular weight is 406 g/mol. The van der Waals surface area contributed by atoms with E-state index in [2.05, 4.69) is 94.3 Å². The third-order valence-corrected chi connectivity index (χ3v) is 5.73. The maximum atomic E-state index is 5.76. The smallest absolute Gasteiger partial charge is 0.170 e. The van der Waals surface area contributed by atoms with Gasteiger partial charge in [0.05, 0.1) is 17.8 Å². The van der Waals surface area contributed by atoms with Gasteiger partial charge in [-0.3, -0.25) is 4.98 Å². The van der Waals surface area contributed by atoms with Gasteiger partial charge in [-0.2, -0.15) is 0 Å². The zero-order valence-corrected chi connectivity index (χ0v) is 17.9. The van der Waals surface area contributed by atoms with Crippen molar-refractivity contribution in [2.75, 3.05) is 27.2 Å². The topological polar surface area (TPSA) is 36.3 Å². The van der Waals surface area contributed by atoms with Crippen LogP contribution in [0.1, 0.15) is 29.0 Å². The summed E-state index contributed by atoms with van der Waals surface area (Å²) < 4.78 is 2.26. The van der Waals surface area contributed by atoms with Crippen LogP contribution in [0.25, 0.3) is 5.69 Å². The van der Waals surface area contributed by atoms with Crippen molar-refractivity contribution in [3.63, 3.8) is 0 Å². The Bertz CT molecular complexity index is 964. The second kappa shape index (κ2) is 8.35. The number of thiocarbonyl (C=S) groups is 1. The summed E-state index contributed by atoms with van der Waals surface area (Å²) >= 11 is 5.76. The number of benzene rings is 1. The van der Waals surface area contributed by atoms with E-state index in [9.17, 15) is 0 Å². The van der Waals surface area contributed by atoms with Crippen LogP contribution < -0.4 is 5.32 Å². The molecule has 150 valence electrons. The molecule has 0 saturated carbocycles. The normalized spacial score (nSPS) is 19.0. The van der Waals surface area contributed by atoms with E-state index in [1.807, 2.05) is 18.3 Å². The summed E-state index contributed by atoms with van der Waals surface area (Å²) in [6.07, 6.45) is 3.97. The fourth-order valence-electron chi connectivity index (χ4n) is 3.85. The molecule has 1 N–H and O–H groups in total. The van der Waals surface area contributed by atoms with Crippen molar-refractivity contribution in [3.05, 3.63) is 83.9 Å². The summed E-state index contributed by atoms with van der Waals surface area (Å²) in [4.78, 5) is 9.12. The van der Waals surface area contributed by atoms with Crippen molar-refractivity contribution in [1.82, 2.24) is 24.7 Å². The van der Waals surface area contributed by atoms with Crippen molar-refractivity contribution >= 4 is 17.3 Å². The molecular weight excluding hydrogens is 378 g/mol. The van der Waals surface area contributed by atoms with Gasteiger partial charge >= 0.3 is 0 Å². The Kier molecular flexibility index (Phi) is 5.65. The first kappa shape index (κ1) is 19.6. The molecule has 2 unspecified atom stereocenters. The van der Waals surface area contributed by atoms with Gasteiger partial charge < -0.3 is 19.7 Å². The van der Waals surface area contributed by atoms with E-state index in [4.69, 9.17) is 12.2 Å². The van der Waals surface area contributed by atoms with E-state index >= 15 is 0 Å². The highest BCUT2D eigenvalue weighted by Gasteiger charge is 2.41. The average Bonchev–Trinajstić information content (AvgIpc) is 3.32. The molecule has 2 aromatic heterocycles. The minimum atomic E-state index is 0.00459. The number of aryl methyl sites for hydroxylation is 1. The second-order valence-corrected chi connectivity index (χ2v) is 8.15. The highest BCUT2D eigenvalue weighted by Crippen LogP contribution is 2.39. The third kappa shape index (κ3) is 4.04. The quantitative estimate of drug-likeness (QED) is 0.633. The fourth-order valence-corrected chi connectivity index (χ4v) is 4.18. The van der Waals surface area contributed by atoms with E-state index in [0.717, 1.165) is 29.6 Å². The lowest BCUT2D eigenvalue weighted by Gasteiger charge is -2.29. The van der Waals surface area contributed by atoms with Gasteiger partial charge in [-0.05, 0) is 69.6 Å². The van der Waals surface area contributed by atoms with Gasteiger partial charge in [0.1, 0.15) is 0 Å². The summed E-state index contributed by atoms with van der Waals surface area (Å²) in [5, 5.41) is 4.31. The zero-order chi connectivity index (χ0) is 20.4. The van der Waals surface area contributed by atoms with Crippen molar-refractivity contribution in [2.24, 2.45) is 0 Å². The van der Waals surface area contributed by atoms with Crippen molar-refractivity contribution in [3.8, 4) is 5.69 Å². The lowest BCUT2D eigenvalue weighted by Crippen LogP contribution is -2.36. The highest BCUT2D eigenvalue weighted by molar-refractivity contribution is 7.80. The molecule has 1 aliphatic heterocycles. The third-order valence-electron chi connectivity index (χ3n) is 5.38. The maximum absolute atomic E-state index is 5.76. The molecule has 2 atom stereocenters. The lowest BCUT2D eigenvalue weighted by molar-refractivity contribution is 0.272. The summed E-state index contributed by atoms with van der Waals surface area (Å²) in [5.41, 5.74) is 4.62. The van der Waals surface area contributed by atoms with Crippen LogP contribution >= 0.6 is 12.2 Å². The molecule has 0 amide bonds. The van der Waals surface area contributed by atoms with Crippen LogP contribution in [0.4, 0.5) is 0 Å². The van der Waals surface area contributed by atoms with Gasteiger partial charge in [-0.15, -0.1) is 0 Å². The fraction of sp³-hybridized carbons (Fsp3) is 0.304. The summed E-state index contributed by atoms with van der Waals surface area (Å²) in [7, 11) is 4.18. The summed E-state index contributed by atoms with van der Waals surface area (Å²) in [5.74, 6) is 0. The molecule has 0 bridgehead atoms. The largest absolute Gasteiger partial charge is 0.352 e. The molecule has 1 aromatic carbocycles. The Balaban J connectivity index is 1.77. The minimum absolute atomic E-state index is 0.00459. The van der Waals surface area contributed by atoms with Gasteiger partial charge in [0.2, 0.25) is 0 Å². The van der Waals surface area contributed by atoms with Crippen molar-refractivity contribution < 1.29 is 0 Å². The van der Waals surface area contributed by atoms with Crippen LogP contribution in [0.2, 0.25) is 0 Å². The minimum Gasteiger partial charge on any atom is -0.352 e. The summed E-state index contributed by atoms with van der Waals surface area (Å²) in [6.45, 7) is 3.89. The van der Waals surface area contributed by atoms with Crippen LogP contribution in [0.15, 0.2) is 67.0 Å². The van der Waals surface area contributed by atoms with E-state index in [1.165, 1.54) is 11.3 Å². The van der Waals surface area contributed by atoms with Crippen LogP contribution in [0.5, 0.6) is 0 Å². The van der Waals surface area contributed by atoms with Gasteiger partial charge in [0.25, 0.3) is 0 Å². The SMILES string of the molecule is Cc1ccc(-n2cccc2C2C(c3ccccn3)NC(=S)N2CCN(C)C)cc1. The molecule has 1 fully saturated rings. The maximum Gasteiger partial charge on any atom is 0.170 e. The molecule has 5 nitrogen and oxygen atoms in total. The Morgan fingerprint density at radius 3 is 2.55 bits per heavy atom. The van der Waals surface area contributed by atoms with E-state index < -0.39 is 0 Å². The first-order valence-electron chi connectivity index (χ1n) is 9.91. The van der Waals surface area contributed by atoms with E-state index in [-0.39, 0.29) is 12.1 Å². The predicted molar refractivity (Wildman–Crippen MR) is 121 cm³/mol. The second-order valence-electron chi connectivity index (χ2n) is 7.76. The molecule has 6 heteroatoms. The van der Waals surface area contributed by atoms with Crippen LogP contribution in [-0.4, -0.2) is 51.6 Å². The molecule has 3 heterocycles. The number of nitrogens with one attached hydrogen (secondary N) is 1. The molecule has 0 spiro atoms. The van der Waals surface area contributed by atoms with Crippen LogP contribution in [0, 0.1) is 6.92 Å². The highest BCUT2D eigenvalue weighted by atomic mass is 32.1. The van der Waals surface area contributed by atoms with Crippen LogP contribution in [-0.2, 0) is 0 Å². The van der Waals surface area contributed by atoms with Gasteiger partial charge in [-0.1, -0.05) is 23.8 Å². The summed E-state index contributed by atoms with van der Waals surface area (Å²) in [6, 6.07) is 19.1. The Hall–Kier alpha value is -2.70. The van der Waals surface area contributed by atoms with Gasteiger partial charge in [0, 0.05) is 36.9 Å². The van der Waals surface area contributed by atoms with Crippen molar-refractivity contribution in [1.29, 1.82) is 0 Å². The molecule has 29 heavy (non-hydrogen) atoms. The van der Waals surface area contributed by atoms with E-state index in [0.29, 0.717) is 0 Å². The molecule has 0 aliphatic carbocycles. The Morgan fingerprint density at radius 2 is 1.86 bits per heavy atom. The lowest BCUT2D eigenvalue weighted by atomic mass is 10.0. The number of hydrogen-bond donors (Lipinski definition) is 1. The first-order valence-corrected chi connectivity index (χ1v) is 10.3. The number of rotatable bonds is 6. The number of aromatic nitrogens is 2.